The first-order chi connectivity index (χ1) is 35.9. The molecule has 8 bridgehead atoms. The number of carbonyl (C=O) groups excluding carboxylic acids is 3. The predicted octanol–water partition coefficient (Wildman–Crippen LogP) is 4.82. The van der Waals surface area contributed by atoms with Crippen LogP contribution in [-0.4, -0.2) is 180 Å². The molecule has 0 unspecified atom stereocenters. The van der Waals surface area contributed by atoms with Crippen molar-refractivity contribution in [2.24, 2.45) is 0 Å². The topological polar surface area (TPSA) is 298 Å². The Morgan fingerprint density at radius 2 is 1.31 bits per heavy atom. The Hall–Kier alpha value is -3.59. The molecule has 22 heteroatoms. The van der Waals surface area contributed by atoms with Gasteiger partial charge in [-0.05, 0) is 98.4 Å². The lowest BCUT2D eigenvalue weighted by Crippen LogP contribution is -2.57. The summed E-state index contributed by atoms with van der Waals surface area (Å²) in [5, 5.41) is 80.8. The summed E-state index contributed by atoms with van der Waals surface area (Å²) < 4.78 is 16.7. The largest absolute Gasteiger partial charge is 0.465 e. The number of hydrogen-bond donors (Lipinski definition) is 10. The summed E-state index contributed by atoms with van der Waals surface area (Å²) in [4.78, 5) is 59.9. The molecule has 7 heterocycles. The number of hydrogen-bond acceptors (Lipinski definition) is 20. The lowest BCUT2D eigenvalue weighted by atomic mass is 9.84. The lowest BCUT2D eigenvalue weighted by Gasteiger charge is -2.39. The zero-order valence-corrected chi connectivity index (χ0v) is 46.3. The van der Waals surface area contributed by atoms with E-state index in [0.29, 0.717) is 76.9 Å². The number of aliphatic hydroxyl groups excluding tert-OH is 8. The lowest BCUT2D eigenvalue weighted by molar-refractivity contribution is -0.205. The van der Waals surface area contributed by atoms with Crippen molar-refractivity contribution in [3.05, 3.63) is 75.4 Å². The Labute approximate surface area is 453 Å². The highest BCUT2D eigenvalue weighted by molar-refractivity contribution is 8.13. The highest BCUT2D eigenvalue weighted by atomic mass is 32.2. The van der Waals surface area contributed by atoms with Crippen molar-refractivity contribution in [1.82, 2.24) is 19.9 Å². The maximum absolute atomic E-state index is 14.4. The van der Waals surface area contributed by atoms with Crippen molar-refractivity contribution in [3.8, 4) is 0 Å². The number of methoxy groups -OCH3 is 1. The zero-order valence-electron chi connectivity index (χ0n) is 43.0. The van der Waals surface area contributed by atoms with Gasteiger partial charge in [0.25, 0.3) is 0 Å². The fraction of sp³-hybridized carbons (Fsp3) is 0.566. The van der Waals surface area contributed by atoms with E-state index in [2.05, 4.69) is 36.5 Å². The van der Waals surface area contributed by atoms with Gasteiger partial charge >= 0.3 is 5.97 Å². The first kappa shape index (κ1) is 59.1. The second-order valence-electron chi connectivity index (χ2n) is 19.2. The Kier molecular flexibility index (Phi) is 20.8. The van der Waals surface area contributed by atoms with Gasteiger partial charge in [0.2, 0.25) is 0 Å². The van der Waals surface area contributed by atoms with Gasteiger partial charge in [-0.25, -0.2) is 9.78 Å². The SMILES string of the molecule is C=Cc1c(C)c2cc3nc(c(CC(=O)SCCCS[C@@H]4O[C@H](CO)[C@@H](O)[C@H](O)[C@H]4O)c4nc(cc5[nH]c(cc1[nH]2)c(C)c5CC)C(C)=C4C(=O)OC)[C@@H](CCC(=O)SCCCS[C@@H]1O[C@H](CO)[C@@H](O)[C@H](O)[C@H]1O)[C@@H]3C. The third kappa shape index (κ3) is 13.0. The number of aryl methyl sites for hydroxylation is 3. The van der Waals surface area contributed by atoms with Gasteiger partial charge in [0.1, 0.15) is 59.7 Å². The van der Waals surface area contributed by atoms with Crippen molar-refractivity contribution in [2.45, 2.75) is 145 Å². The summed E-state index contributed by atoms with van der Waals surface area (Å²) in [7, 11) is 1.30. The first-order valence-corrected chi connectivity index (χ1v) is 29.3. The number of esters is 1. The van der Waals surface area contributed by atoms with Crippen LogP contribution in [0, 0.1) is 13.8 Å². The van der Waals surface area contributed by atoms with E-state index in [1.807, 2.05) is 32.1 Å². The molecule has 2 fully saturated rings. The molecule has 7 rings (SSSR count). The second kappa shape index (κ2) is 26.4. The van der Waals surface area contributed by atoms with Gasteiger partial charge in [0.05, 0.1) is 43.0 Å². The fourth-order valence-corrected chi connectivity index (χ4v) is 14.2. The Morgan fingerprint density at radius 3 is 1.87 bits per heavy atom. The number of aliphatic hydroxyl groups is 8. The van der Waals surface area contributed by atoms with Gasteiger partial charge in [-0.3, -0.25) is 14.6 Å². The van der Waals surface area contributed by atoms with Crippen molar-refractivity contribution in [2.75, 3.05) is 43.3 Å². The smallest absolute Gasteiger partial charge is 0.340 e. The third-order valence-electron chi connectivity index (χ3n) is 14.5. The van der Waals surface area contributed by atoms with Crippen LogP contribution in [0.1, 0.15) is 109 Å². The number of aromatic nitrogens is 4. The maximum Gasteiger partial charge on any atom is 0.340 e. The van der Waals surface area contributed by atoms with Gasteiger partial charge in [-0.2, -0.15) is 0 Å². The quantitative estimate of drug-likeness (QED) is 0.0536. The zero-order chi connectivity index (χ0) is 54.4. The summed E-state index contributed by atoms with van der Waals surface area (Å²) in [5.41, 5.74) is 8.75. The average Bonchev–Trinajstić information content (AvgIpc) is 4.09. The van der Waals surface area contributed by atoms with E-state index in [1.165, 1.54) is 42.4 Å². The number of aromatic amines is 2. The summed E-state index contributed by atoms with van der Waals surface area (Å²) >= 11 is 4.70. The molecule has 10 N–H and O–H groups in total. The number of carbonyl (C=O) groups is 3. The first-order valence-electron chi connectivity index (χ1n) is 25.2. The molecule has 18 nitrogen and oxygen atoms in total. The van der Waals surface area contributed by atoms with Crippen LogP contribution >= 0.6 is 47.0 Å². The Morgan fingerprint density at radius 1 is 0.733 bits per heavy atom. The predicted molar refractivity (Wildman–Crippen MR) is 295 cm³/mol. The molecule has 0 aliphatic carbocycles. The Balaban J connectivity index is 1.23. The van der Waals surface area contributed by atoms with Crippen LogP contribution in [0.25, 0.3) is 39.3 Å². The molecule has 4 aliphatic rings. The van der Waals surface area contributed by atoms with Crippen LogP contribution in [0.5, 0.6) is 0 Å². The molecule has 0 amide bonds. The molecule has 2 saturated heterocycles. The summed E-state index contributed by atoms with van der Waals surface area (Å²) in [5.74, 6) is 0.396. The van der Waals surface area contributed by atoms with Crippen molar-refractivity contribution >= 4 is 103 Å². The number of fused-ring (bicyclic) bond motifs is 8. The van der Waals surface area contributed by atoms with Crippen LogP contribution < -0.4 is 0 Å². The molecule has 12 atom stereocenters. The molecule has 3 aromatic rings. The highest BCUT2D eigenvalue weighted by Crippen LogP contribution is 2.45. The fourth-order valence-electron chi connectivity index (χ4n) is 10.0. The molecular formula is C53H70N4O14S4. The standard InChI is InChI=1S/C53H70N4O14S4/c1-8-28-24(3)32-19-34-26(5)30(12-13-40(60)72-14-10-16-74-52-49(66)47(64)45(62)38(22-58)70-52)43(56-34)31(18-41(61)73-15-11-17-75-53-50(67)48(65)46(63)39(23-59)71-53)44-42(51(68)69-7)27(6)35(57-44)21-37-29(9-2)25(4)33(55-37)20-36(28)54-32/h8,19-21,26,30,38-39,45-50,52-55,58-59,62-67H,1,9-18,22-23H2,2-7H3/t26-,30-,38+,39+,45+,46+,47-,48-,49+,50+,52-,53-/m0/s1. The van der Waals surface area contributed by atoms with Gasteiger partial charge in [-0.15, -0.1) is 23.5 Å². The molecule has 410 valence electrons. The van der Waals surface area contributed by atoms with E-state index in [1.54, 1.807) is 6.92 Å². The number of rotatable bonds is 20. The molecule has 3 aromatic heterocycles. The van der Waals surface area contributed by atoms with E-state index in [4.69, 9.17) is 24.2 Å². The van der Waals surface area contributed by atoms with E-state index < -0.39 is 84.8 Å². The third-order valence-corrected chi connectivity index (χ3v) is 18.9. The number of nitrogens with one attached hydrogen (secondary N) is 2. The van der Waals surface area contributed by atoms with Crippen LogP contribution in [0.3, 0.4) is 0 Å². The number of nitrogens with zero attached hydrogens (tertiary/aromatic N) is 2. The van der Waals surface area contributed by atoms with Crippen LogP contribution in [0.4, 0.5) is 0 Å². The summed E-state index contributed by atoms with van der Waals surface area (Å²) in [6, 6.07) is 5.98. The Bertz CT molecular complexity index is 2780. The van der Waals surface area contributed by atoms with Gasteiger partial charge < -0.3 is 65.0 Å². The molecule has 0 saturated carbocycles. The number of ether oxygens (including phenoxy) is 3. The summed E-state index contributed by atoms with van der Waals surface area (Å²) in [6.45, 7) is 13.1. The van der Waals surface area contributed by atoms with Gasteiger partial charge in [0, 0.05) is 75.1 Å². The molecular weight excluding hydrogens is 1040 g/mol. The van der Waals surface area contributed by atoms with E-state index >= 15 is 0 Å². The second-order valence-corrected chi connectivity index (χ2v) is 23.9. The number of thioether (sulfide) groups is 4. The molecule has 4 aliphatic heterocycles. The molecule has 0 aromatic carbocycles. The van der Waals surface area contributed by atoms with Crippen molar-refractivity contribution < 1.29 is 69.4 Å². The van der Waals surface area contributed by atoms with E-state index in [0.717, 1.165) is 56.1 Å². The minimum atomic E-state index is -1.50. The molecule has 0 radical (unpaired) electrons. The number of allylic oxidation sites excluding steroid dienone is 1. The number of H-pyrrole nitrogens is 2. The van der Waals surface area contributed by atoms with Crippen LogP contribution in [0.15, 0.2) is 24.8 Å². The monoisotopic (exact) mass is 1110 g/mol. The van der Waals surface area contributed by atoms with Gasteiger partial charge in [0.15, 0.2) is 10.2 Å². The molecule has 0 spiro atoms. The highest BCUT2D eigenvalue weighted by Gasteiger charge is 2.45. The molecule has 75 heavy (non-hydrogen) atoms. The van der Waals surface area contributed by atoms with Crippen LogP contribution in [-0.2, 0) is 41.4 Å². The normalized spacial score (nSPS) is 26.9. The summed E-state index contributed by atoms with van der Waals surface area (Å²) in [6.07, 6.45) is -6.77. The van der Waals surface area contributed by atoms with Crippen LogP contribution in [0.2, 0.25) is 0 Å². The van der Waals surface area contributed by atoms with Crippen molar-refractivity contribution in [1.29, 1.82) is 0 Å². The van der Waals surface area contributed by atoms with E-state index in [9.17, 15) is 55.2 Å². The average molecular weight is 1120 g/mol. The minimum absolute atomic E-state index is 0.0671. The van der Waals surface area contributed by atoms with E-state index in [-0.39, 0.29) is 40.3 Å². The minimum Gasteiger partial charge on any atom is -0.465 e. The van der Waals surface area contributed by atoms with Crippen molar-refractivity contribution in [3.63, 3.8) is 0 Å². The maximum atomic E-state index is 14.4. The van der Waals surface area contributed by atoms with Gasteiger partial charge in [-0.1, -0.05) is 50.0 Å².